The normalized spacial score (nSPS) is 19.9. The minimum Gasteiger partial charge on any atom is -0.379 e. The number of nitrogens with zero attached hydrogens (tertiary/aromatic N) is 3. The number of aliphatic hydroxyl groups excluding tert-OH is 5. The van der Waals surface area contributed by atoms with Crippen molar-refractivity contribution in [2.24, 2.45) is 0 Å². The van der Waals surface area contributed by atoms with Crippen LogP contribution in [-0.4, -0.2) is 91.1 Å². The third-order valence-electron chi connectivity index (χ3n) is 3.44. The summed E-state index contributed by atoms with van der Waals surface area (Å²) in [4.78, 5) is 4.49. The van der Waals surface area contributed by atoms with Gasteiger partial charge in [-0.05, 0) is 34.6 Å². The Labute approximate surface area is 126 Å². The van der Waals surface area contributed by atoms with Crippen molar-refractivity contribution in [2.45, 2.75) is 65.8 Å². The van der Waals surface area contributed by atoms with Gasteiger partial charge in [-0.3, -0.25) is 9.80 Å². The van der Waals surface area contributed by atoms with E-state index in [4.69, 9.17) is 0 Å². The fourth-order valence-electron chi connectivity index (χ4n) is 2.06. The van der Waals surface area contributed by atoms with Crippen LogP contribution in [0, 0.1) is 0 Å². The maximum absolute atomic E-state index is 9.81. The lowest BCUT2D eigenvalue weighted by atomic mass is 10.3. The Morgan fingerprint density at radius 2 is 0.952 bits per heavy atom. The standard InChI is InChI=1S/C13H31N3O5/c1-9(17)14(8-16(12(4)20)13(5)21)6-7-15(10(2)18)11(3)19/h9-13,17-21H,6-8H2,1-5H3. The van der Waals surface area contributed by atoms with Gasteiger partial charge in [0.15, 0.2) is 0 Å². The maximum atomic E-state index is 9.81. The van der Waals surface area contributed by atoms with Gasteiger partial charge in [0.05, 0.1) is 6.67 Å². The fraction of sp³-hybridized carbons (Fsp3) is 1.00. The molecular formula is C13H31N3O5. The molecule has 0 saturated heterocycles. The second-order valence-electron chi connectivity index (χ2n) is 5.37. The molecule has 0 radical (unpaired) electrons. The number of hydrogen-bond donors (Lipinski definition) is 5. The molecule has 8 heteroatoms. The van der Waals surface area contributed by atoms with Gasteiger partial charge in [-0.2, -0.15) is 0 Å². The molecule has 0 spiro atoms. The zero-order chi connectivity index (χ0) is 16.7. The predicted molar refractivity (Wildman–Crippen MR) is 78.5 cm³/mol. The summed E-state index contributed by atoms with van der Waals surface area (Å²) in [7, 11) is 0. The molecule has 0 bridgehead atoms. The van der Waals surface area contributed by atoms with Gasteiger partial charge in [0, 0.05) is 13.1 Å². The van der Waals surface area contributed by atoms with Crippen molar-refractivity contribution < 1.29 is 25.5 Å². The first-order chi connectivity index (χ1) is 9.57. The summed E-state index contributed by atoms with van der Waals surface area (Å²) in [6.45, 7) is 8.58. The average Bonchev–Trinajstić information content (AvgIpc) is 2.30. The van der Waals surface area contributed by atoms with Crippen molar-refractivity contribution in [1.29, 1.82) is 0 Å². The highest BCUT2D eigenvalue weighted by Gasteiger charge is 2.24. The average molecular weight is 309 g/mol. The van der Waals surface area contributed by atoms with Gasteiger partial charge in [0.1, 0.15) is 31.1 Å². The topological polar surface area (TPSA) is 111 Å². The smallest absolute Gasteiger partial charge is 0.107 e. The second kappa shape index (κ2) is 9.65. The summed E-state index contributed by atoms with van der Waals surface area (Å²) >= 11 is 0. The van der Waals surface area contributed by atoms with E-state index in [1.165, 1.54) is 23.6 Å². The molecule has 0 amide bonds. The van der Waals surface area contributed by atoms with Crippen molar-refractivity contribution >= 4 is 0 Å². The van der Waals surface area contributed by atoms with E-state index in [0.29, 0.717) is 13.1 Å². The molecule has 0 rings (SSSR count). The van der Waals surface area contributed by atoms with Crippen LogP contribution >= 0.6 is 0 Å². The van der Waals surface area contributed by atoms with Gasteiger partial charge in [-0.15, -0.1) is 0 Å². The second-order valence-corrected chi connectivity index (χ2v) is 5.37. The van der Waals surface area contributed by atoms with E-state index < -0.39 is 31.1 Å². The van der Waals surface area contributed by atoms with Crippen LogP contribution < -0.4 is 0 Å². The molecule has 0 aliphatic rings. The summed E-state index contributed by atoms with van der Waals surface area (Å²) in [5.41, 5.74) is 0. The number of aliphatic hydroxyl groups is 5. The Morgan fingerprint density at radius 3 is 1.24 bits per heavy atom. The highest BCUT2D eigenvalue weighted by Crippen LogP contribution is 2.08. The number of hydrogen-bond acceptors (Lipinski definition) is 8. The highest BCUT2D eigenvalue weighted by molar-refractivity contribution is 4.67. The van der Waals surface area contributed by atoms with E-state index >= 15 is 0 Å². The van der Waals surface area contributed by atoms with Crippen molar-refractivity contribution in [3.05, 3.63) is 0 Å². The van der Waals surface area contributed by atoms with Crippen LogP contribution in [0.5, 0.6) is 0 Å². The summed E-state index contributed by atoms with van der Waals surface area (Å²) < 4.78 is 0. The monoisotopic (exact) mass is 309 g/mol. The molecule has 0 aliphatic carbocycles. The quantitative estimate of drug-likeness (QED) is 0.312. The highest BCUT2D eigenvalue weighted by atomic mass is 16.3. The third-order valence-corrected chi connectivity index (χ3v) is 3.44. The molecule has 0 saturated carbocycles. The molecule has 0 aromatic rings. The van der Waals surface area contributed by atoms with Gasteiger partial charge >= 0.3 is 0 Å². The van der Waals surface area contributed by atoms with E-state index in [-0.39, 0.29) is 6.67 Å². The van der Waals surface area contributed by atoms with Gasteiger partial charge in [0.25, 0.3) is 0 Å². The summed E-state index contributed by atoms with van der Waals surface area (Å²) in [6.07, 6.45) is -4.16. The van der Waals surface area contributed by atoms with Crippen molar-refractivity contribution in [3.63, 3.8) is 0 Å². The molecule has 5 atom stereocenters. The Hall–Kier alpha value is -0.320. The van der Waals surface area contributed by atoms with Gasteiger partial charge < -0.3 is 25.5 Å². The Morgan fingerprint density at radius 1 is 0.571 bits per heavy atom. The predicted octanol–water partition coefficient (Wildman–Crippen LogP) is -1.46. The zero-order valence-electron chi connectivity index (χ0n) is 13.6. The molecule has 0 heterocycles. The molecule has 5 unspecified atom stereocenters. The molecule has 21 heavy (non-hydrogen) atoms. The van der Waals surface area contributed by atoms with E-state index in [1.807, 2.05) is 0 Å². The van der Waals surface area contributed by atoms with Crippen LogP contribution in [0.1, 0.15) is 34.6 Å². The minimum atomic E-state index is -0.865. The van der Waals surface area contributed by atoms with Crippen LogP contribution in [0.15, 0.2) is 0 Å². The lowest BCUT2D eigenvalue weighted by Crippen LogP contribution is -2.52. The van der Waals surface area contributed by atoms with E-state index in [2.05, 4.69) is 0 Å². The van der Waals surface area contributed by atoms with E-state index in [1.54, 1.807) is 25.7 Å². The lowest BCUT2D eigenvalue weighted by Gasteiger charge is -2.37. The number of rotatable bonds is 10. The van der Waals surface area contributed by atoms with Crippen LogP contribution in [-0.2, 0) is 0 Å². The molecule has 0 aromatic heterocycles. The Bertz CT molecular complexity index is 259. The molecule has 0 aliphatic heterocycles. The largest absolute Gasteiger partial charge is 0.379 e. The van der Waals surface area contributed by atoms with Crippen LogP contribution in [0.25, 0.3) is 0 Å². The maximum Gasteiger partial charge on any atom is 0.107 e. The molecule has 0 aromatic carbocycles. The Kier molecular flexibility index (Phi) is 9.50. The van der Waals surface area contributed by atoms with Crippen molar-refractivity contribution in [2.75, 3.05) is 19.8 Å². The van der Waals surface area contributed by atoms with Gasteiger partial charge in [-0.1, -0.05) is 0 Å². The first-order valence-corrected chi connectivity index (χ1v) is 7.23. The first-order valence-electron chi connectivity index (χ1n) is 7.23. The zero-order valence-corrected chi connectivity index (χ0v) is 13.6. The van der Waals surface area contributed by atoms with Gasteiger partial charge in [0.2, 0.25) is 0 Å². The van der Waals surface area contributed by atoms with E-state index in [9.17, 15) is 25.5 Å². The van der Waals surface area contributed by atoms with E-state index in [0.717, 1.165) is 0 Å². The van der Waals surface area contributed by atoms with Gasteiger partial charge in [-0.25, -0.2) is 4.90 Å². The third kappa shape index (κ3) is 7.48. The molecule has 8 nitrogen and oxygen atoms in total. The first kappa shape index (κ1) is 20.7. The molecular weight excluding hydrogens is 278 g/mol. The molecule has 5 N–H and O–H groups in total. The Balaban J connectivity index is 4.69. The van der Waals surface area contributed by atoms with Crippen LogP contribution in [0.4, 0.5) is 0 Å². The minimum absolute atomic E-state index is 0.153. The fourth-order valence-corrected chi connectivity index (χ4v) is 2.06. The van der Waals surface area contributed by atoms with Crippen molar-refractivity contribution in [3.8, 4) is 0 Å². The van der Waals surface area contributed by atoms with Crippen molar-refractivity contribution in [1.82, 2.24) is 14.7 Å². The summed E-state index contributed by atoms with van der Waals surface area (Å²) in [6, 6.07) is 0. The van der Waals surface area contributed by atoms with Crippen LogP contribution in [0.3, 0.4) is 0 Å². The molecule has 128 valence electrons. The SMILES string of the molecule is CC(O)N(CCN(C(C)O)C(C)O)CN(C(C)O)C(C)O. The van der Waals surface area contributed by atoms with Crippen LogP contribution in [0.2, 0.25) is 0 Å². The lowest BCUT2D eigenvalue weighted by molar-refractivity contribution is -0.138. The molecule has 0 fully saturated rings. The summed E-state index contributed by atoms with van der Waals surface area (Å²) in [5.74, 6) is 0. The summed E-state index contributed by atoms with van der Waals surface area (Å²) in [5, 5.41) is 48.2.